The Morgan fingerprint density at radius 2 is 1.86 bits per heavy atom. The van der Waals surface area contributed by atoms with Gasteiger partial charge in [0.15, 0.2) is 0 Å². The maximum atomic E-state index is 13.9. The van der Waals surface area contributed by atoms with Crippen molar-refractivity contribution in [1.82, 2.24) is 25.2 Å². The van der Waals surface area contributed by atoms with Crippen LogP contribution in [-0.4, -0.2) is 38.3 Å². The molecule has 1 aliphatic carbocycles. The van der Waals surface area contributed by atoms with E-state index in [4.69, 9.17) is 4.42 Å². The Hall–Kier alpha value is -4.20. The summed E-state index contributed by atoms with van der Waals surface area (Å²) < 4.78 is 7.00. The molecule has 5 rings (SSSR count). The molecule has 0 unspecified atom stereocenters. The van der Waals surface area contributed by atoms with Crippen molar-refractivity contribution in [1.29, 1.82) is 0 Å². The predicted octanol–water partition coefficient (Wildman–Crippen LogP) is 4.80. The second-order valence-electron chi connectivity index (χ2n) is 9.29. The molecule has 0 spiro atoms. The first-order valence-electron chi connectivity index (χ1n) is 12.8. The van der Waals surface area contributed by atoms with Gasteiger partial charge in [0.25, 0.3) is 0 Å². The summed E-state index contributed by atoms with van der Waals surface area (Å²) in [7, 11) is 0. The first kappa shape index (κ1) is 24.5. The molecule has 0 bridgehead atoms. The van der Waals surface area contributed by atoms with E-state index in [2.05, 4.69) is 21.7 Å². The van der Waals surface area contributed by atoms with Crippen LogP contribution in [0.4, 0.5) is 0 Å². The molecule has 8 heteroatoms. The average Bonchev–Trinajstić information content (AvgIpc) is 3.61. The van der Waals surface area contributed by atoms with Crippen LogP contribution in [0.1, 0.15) is 49.5 Å². The van der Waals surface area contributed by atoms with Crippen LogP contribution >= 0.6 is 0 Å². The third-order valence-corrected chi connectivity index (χ3v) is 6.78. The predicted molar refractivity (Wildman–Crippen MR) is 140 cm³/mol. The smallest absolute Gasteiger partial charge is 0.247 e. The van der Waals surface area contributed by atoms with E-state index in [0.717, 1.165) is 42.3 Å². The van der Waals surface area contributed by atoms with Crippen molar-refractivity contribution < 1.29 is 14.0 Å². The van der Waals surface area contributed by atoms with Crippen molar-refractivity contribution in [3.05, 3.63) is 96.0 Å². The van der Waals surface area contributed by atoms with E-state index >= 15 is 0 Å². The highest BCUT2D eigenvalue weighted by Crippen LogP contribution is 2.26. The zero-order chi connectivity index (χ0) is 25.5. The number of aromatic nitrogens is 3. The molecule has 1 N–H and O–H groups in total. The number of allylic oxidation sites excluding steroid dienone is 1. The lowest BCUT2D eigenvalue weighted by molar-refractivity contribution is -0.141. The van der Waals surface area contributed by atoms with Crippen LogP contribution in [0, 0.1) is 0 Å². The zero-order valence-electron chi connectivity index (χ0n) is 20.8. The number of furan rings is 1. The minimum atomic E-state index is -0.789. The van der Waals surface area contributed by atoms with Crippen LogP contribution in [0.15, 0.2) is 89.1 Å². The van der Waals surface area contributed by atoms with E-state index in [1.165, 1.54) is 12.0 Å². The lowest BCUT2D eigenvalue weighted by atomic mass is 9.96. The van der Waals surface area contributed by atoms with Crippen LogP contribution in [0.5, 0.6) is 0 Å². The molecule has 0 saturated heterocycles. The Bertz CT molecular complexity index is 1360. The number of nitrogens with one attached hydrogen (secondary N) is 1. The number of carbonyl (C=O) groups is 2. The van der Waals surface area contributed by atoms with E-state index in [9.17, 15) is 9.59 Å². The summed E-state index contributed by atoms with van der Waals surface area (Å²) in [4.78, 5) is 29.2. The number of hydrogen-bond donors (Lipinski definition) is 1. The number of carbonyl (C=O) groups excluding carboxylic acids is 2. The van der Waals surface area contributed by atoms with Crippen LogP contribution in [0.25, 0.3) is 11.0 Å². The number of benzene rings is 2. The summed E-state index contributed by atoms with van der Waals surface area (Å²) in [6, 6.07) is 19.8. The van der Waals surface area contributed by atoms with Crippen LogP contribution < -0.4 is 5.32 Å². The van der Waals surface area contributed by atoms with Gasteiger partial charge in [-0.1, -0.05) is 59.3 Å². The molecule has 2 aromatic heterocycles. The Balaban J connectivity index is 1.44. The van der Waals surface area contributed by atoms with Crippen LogP contribution in [-0.2, 0) is 22.7 Å². The monoisotopic (exact) mass is 497 g/mol. The first-order valence-corrected chi connectivity index (χ1v) is 12.8. The number of hydrogen-bond acceptors (Lipinski definition) is 5. The van der Waals surface area contributed by atoms with Gasteiger partial charge in [0, 0.05) is 6.54 Å². The summed E-state index contributed by atoms with van der Waals surface area (Å²) in [6.07, 6.45) is 9.07. The molecule has 190 valence electrons. The zero-order valence-corrected chi connectivity index (χ0v) is 20.8. The lowest BCUT2D eigenvalue weighted by Gasteiger charge is -2.32. The highest BCUT2D eigenvalue weighted by atomic mass is 16.3. The van der Waals surface area contributed by atoms with Gasteiger partial charge in [-0.25, -0.2) is 4.68 Å². The van der Waals surface area contributed by atoms with E-state index in [-0.39, 0.29) is 24.9 Å². The van der Waals surface area contributed by atoms with Gasteiger partial charge in [0.2, 0.25) is 11.8 Å². The summed E-state index contributed by atoms with van der Waals surface area (Å²) >= 11 is 0. The number of fused-ring (bicyclic) bond motifs is 1. The van der Waals surface area contributed by atoms with Crippen molar-refractivity contribution in [2.75, 3.05) is 6.54 Å². The van der Waals surface area contributed by atoms with Gasteiger partial charge in [-0.05, 0) is 61.9 Å². The molecule has 1 aliphatic rings. The molecule has 2 aromatic carbocycles. The fourth-order valence-electron chi connectivity index (χ4n) is 4.84. The first-order chi connectivity index (χ1) is 18.2. The summed E-state index contributed by atoms with van der Waals surface area (Å²) in [5.41, 5.74) is 3.61. The Morgan fingerprint density at radius 3 is 2.65 bits per heavy atom. The molecule has 1 atom stereocenters. The second kappa shape index (κ2) is 11.7. The fraction of sp³-hybridized carbons (Fsp3) is 0.310. The van der Waals surface area contributed by atoms with Crippen molar-refractivity contribution in [2.45, 2.75) is 51.2 Å². The molecule has 0 fully saturated rings. The maximum absolute atomic E-state index is 13.9. The second-order valence-corrected chi connectivity index (χ2v) is 9.29. The number of para-hydroxylation sites is 1. The fourth-order valence-corrected chi connectivity index (χ4v) is 4.84. The van der Waals surface area contributed by atoms with Gasteiger partial charge in [-0.15, -0.1) is 5.10 Å². The SMILES string of the molecule is O=C(NCc1ccco1)[C@@H](c1ccccc1)N(CCC1=CCCCC1)C(=O)Cn1nnc2ccccc21. The summed E-state index contributed by atoms with van der Waals surface area (Å²) in [5, 5.41) is 11.4. The molecular formula is C29H31N5O3. The molecular weight excluding hydrogens is 466 g/mol. The van der Waals surface area contributed by atoms with Gasteiger partial charge in [-0.2, -0.15) is 0 Å². The third kappa shape index (κ3) is 5.97. The molecule has 2 amide bonds. The number of rotatable bonds is 10. The van der Waals surface area contributed by atoms with Gasteiger partial charge < -0.3 is 14.6 Å². The molecule has 4 aromatic rings. The molecule has 37 heavy (non-hydrogen) atoms. The van der Waals surface area contributed by atoms with E-state index in [0.29, 0.717) is 12.3 Å². The Morgan fingerprint density at radius 1 is 1.03 bits per heavy atom. The van der Waals surface area contributed by atoms with Gasteiger partial charge in [0.05, 0.1) is 18.3 Å². The average molecular weight is 498 g/mol. The lowest BCUT2D eigenvalue weighted by Crippen LogP contribution is -2.45. The van der Waals surface area contributed by atoms with E-state index < -0.39 is 6.04 Å². The van der Waals surface area contributed by atoms with Crippen molar-refractivity contribution in [3.63, 3.8) is 0 Å². The molecule has 0 saturated carbocycles. The quantitative estimate of drug-likeness (QED) is 0.318. The van der Waals surface area contributed by atoms with Crippen LogP contribution in [0.2, 0.25) is 0 Å². The van der Waals surface area contributed by atoms with E-state index in [1.54, 1.807) is 21.9 Å². The highest BCUT2D eigenvalue weighted by Gasteiger charge is 2.32. The minimum absolute atomic E-state index is 0.00560. The highest BCUT2D eigenvalue weighted by molar-refractivity contribution is 5.89. The minimum Gasteiger partial charge on any atom is -0.467 e. The Kier molecular flexibility index (Phi) is 7.74. The third-order valence-electron chi connectivity index (χ3n) is 6.78. The molecule has 0 aliphatic heterocycles. The maximum Gasteiger partial charge on any atom is 0.247 e. The normalized spacial score (nSPS) is 14.2. The van der Waals surface area contributed by atoms with Crippen molar-refractivity contribution >= 4 is 22.8 Å². The molecule has 0 radical (unpaired) electrons. The standard InChI is InChI=1S/C29H31N5O3/c35-27(21-34-26-16-8-7-15-25(26)31-32-34)33(18-17-22-10-3-1-4-11-22)28(23-12-5-2-6-13-23)29(36)30-20-24-14-9-19-37-24/h2,5-10,12-16,19,28H,1,3-4,11,17-18,20-21H2,(H,30,36)/t28-/m1/s1. The van der Waals surface area contributed by atoms with Crippen LogP contribution in [0.3, 0.4) is 0 Å². The number of amides is 2. The summed E-state index contributed by atoms with van der Waals surface area (Å²) in [5.74, 6) is 0.213. The van der Waals surface area contributed by atoms with Crippen molar-refractivity contribution in [3.8, 4) is 0 Å². The molecule has 8 nitrogen and oxygen atoms in total. The summed E-state index contributed by atoms with van der Waals surface area (Å²) in [6.45, 7) is 0.676. The van der Waals surface area contributed by atoms with Gasteiger partial charge in [-0.3, -0.25) is 9.59 Å². The topological polar surface area (TPSA) is 93.3 Å². The Labute approximate surface area is 215 Å². The molecule has 2 heterocycles. The van der Waals surface area contributed by atoms with Gasteiger partial charge in [0.1, 0.15) is 23.9 Å². The van der Waals surface area contributed by atoms with E-state index in [1.807, 2.05) is 60.7 Å². The number of nitrogens with zero attached hydrogens (tertiary/aromatic N) is 4. The largest absolute Gasteiger partial charge is 0.467 e. The van der Waals surface area contributed by atoms with Crippen molar-refractivity contribution in [2.24, 2.45) is 0 Å². The van der Waals surface area contributed by atoms with Gasteiger partial charge >= 0.3 is 0 Å².